The first-order valence-corrected chi connectivity index (χ1v) is 6.43. The Morgan fingerprint density at radius 2 is 2.18 bits per heavy atom. The Bertz CT molecular complexity index is 492. The van der Waals surface area contributed by atoms with Crippen molar-refractivity contribution >= 4 is 16.0 Å². The summed E-state index contributed by atoms with van der Waals surface area (Å²) in [5.74, 6) is -1.20. The van der Waals surface area contributed by atoms with Crippen LogP contribution in [0.3, 0.4) is 0 Å². The highest BCUT2D eigenvalue weighted by Crippen LogP contribution is 2.23. The van der Waals surface area contributed by atoms with Gasteiger partial charge in [0.15, 0.2) is 0 Å². The van der Waals surface area contributed by atoms with Gasteiger partial charge in [-0.25, -0.2) is 8.42 Å². The second-order valence-corrected chi connectivity index (χ2v) is 5.83. The monoisotopic (exact) mass is 261 g/mol. The lowest BCUT2D eigenvalue weighted by Gasteiger charge is -2.32. The first-order valence-electron chi connectivity index (χ1n) is 4.99. The van der Waals surface area contributed by atoms with E-state index < -0.39 is 21.5 Å². The van der Waals surface area contributed by atoms with Gasteiger partial charge in [0.25, 0.3) is 0 Å². The summed E-state index contributed by atoms with van der Waals surface area (Å²) in [6.07, 6.45) is 2.37. The summed E-state index contributed by atoms with van der Waals surface area (Å²) in [6, 6.07) is 0. The zero-order valence-corrected chi connectivity index (χ0v) is 10.7. The topological polar surface area (TPSA) is 103 Å². The number of nitrogens with zero attached hydrogens (tertiary/aromatic N) is 2. The Morgan fingerprint density at radius 3 is 2.53 bits per heavy atom. The second kappa shape index (κ2) is 4.46. The van der Waals surface area contributed by atoms with Crippen LogP contribution < -0.4 is 0 Å². The van der Waals surface area contributed by atoms with Crippen molar-refractivity contribution < 1.29 is 18.3 Å². The molecule has 0 aliphatic rings. The highest BCUT2D eigenvalue weighted by atomic mass is 32.2. The van der Waals surface area contributed by atoms with Crippen LogP contribution in [0.25, 0.3) is 0 Å². The molecule has 0 radical (unpaired) electrons. The van der Waals surface area contributed by atoms with Crippen molar-refractivity contribution in [1.82, 2.24) is 14.5 Å². The van der Waals surface area contributed by atoms with Crippen molar-refractivity contribution in [2.24, 2.45) is 0 Å². The van der Waals surface area contributed by atoms with Crippen molar-refractivity contribution in [3.63, 3.8) is 0 Å². The molecule has 1 aromatic heterocycles. The maximum atomic E-state index is 12.2. The van der Waals surface area contributed by atoms with Gasteiger partial charge in [0.05, 0.1) is 6.20 Å². The quantitative estimate of drug-likeness (QED) is 0.792. The van der Waals surface area contributed by atoms with Gasteiger partial charge in [0, 0.05) is 12.7 Å². The summed E-state index contributed by atoms with van der Waals surface area (Å²) >= 11 is 0. The van der Waals surface area contributed by atoms with Crippen LogP contribution in [0, 0.1) is 0 Å². The Morgan fingerprint density at radius 1 is 1.59 bits per heavy atom. The van der Waals surface area contributed by atoms with Crippen molar-refractivity contribution in [3.05, 3.63) is 12.4 Å². The molecule has 0 saturated heterocycles. The van der Waals surface area contributed by atoms with Crippen molar-refractivity contribution in [1.29, 1.82) is 0 Å². The smallest absolute Gasteiger partial charge is 0.324 e. The third kappa shape index (κ3) is 2.32. The highest BCUT2D eigenvalue weighted by molar-refractivity contribution is 7.89. The van der Waals surface area contributed by atoms with E-state index in [4.69, 9.17) is 5.11 Å². The number of rotatable bonds is 5. The zero-order chi connectivity index (χ0) is 13.3. The average molecular weight is 261 g/mol. The van der Waals surface area contributed by atoms with E-state index in [9.17, 15) is 13.2 Å². The summed E-state index contributed by atoms with van der Waals surface area (Å²) in [5, 5.41) is 15.0. The van der Waals surface area contributed by atoms with E-state index in [0.29, 0.717) is 0 Å². The normalized spacial score (nSPS) is 12.9. The van der Waals surface area contributed by atoms with Gasteiger partial charge in [-0.1, -0.05) is 6.92 Å². The molecule has 0 aliphatic carbocycles. The van der Waals surface area contributed by atoms with Gasteiger partial charge in [0.1, 0.15) is 10.4 Å². The molecule has 8 heteroatoms. The fourth-order valence-electron chi connectivity index (χ4n) is 1.48. The maximum absolute atomic E-state index is 12.2. The molecule has 0 unspecified atom stereocenters. The molecule has 17 heavy (non-hydrogen) atoms. The van der Waals surface area contributed by atoms with Gasteiger partial charge in [-0.05, 0) is 13.8 Å². The van der Waals surface area contributed by atoms with Crippen molar-refractivity contribution in [3.8, 4) is 0 Å². The zero-order valence-electron chi connectivity index (χ0n) is 9.84. The number of hydrogen-bond acceptors (Lipinski definition) is 4. The third-order valence-corrected chi connectivity index (χ3v) is 4.61. The van der Waals surface area contributed by atoms with Crippen molar-refractivity contribution in [2.45, 2.75) is 31.2 Å². The van der Waals surface area contributed by atoms with Gasteiger partial charge in [-0.2, -0.15) is 9.40 Å². The molecule has 0 saturated carbocycles. The maximum Gasteiger partial charge on any atom is 0.324 e. The molecule has 1 rings (SSSR count). The first kappa shape index (κ1) is 13.7. The molecule has 96 valence electrons. The minimum atomic E-state index is -3.85. The molecule has 0 amide bonds. The number of aromatic nitrogens is 2. The van der Waals surface area contributed by atoms with Crippen LogP contribution in [-0.4, -0.2) is 46.1 Å². The average Bonchev–Trinajstić information content (AvgIpc) is 2.70. The molecule has 0 bridgehead atoms. The van der Waals surface area contributed by atoms with Gasteiger partial charge >= 0.3 is 5.97 Å². The predicted molar refractivity (Wildman–Crippen MR) is 59.9 cm³/mol. The Hall–Kier alpha value is -1.41. The van der Waals surface area contributed by atoms with Crippen LogP contribution in [0.1, 0.15) is 20.8 Å². The number of carbonyl (C=O) groups is 1. The number of aliphatic carboxylic acids is 1. The van der Waals surface area contributed by atoms with Crippen LogP contribution in [0.2, 0.25) is 0 Å². The van der Waals surface area contributed by atoms with Crippen LogP contribution in [0.5, 0.6) is 0 Å². The largest absolute Gasteiger partial charge is 0.480 e. The molecule has 0 fully saturated rings. The molecule has 0 spiro atoms. The number of carboxylic acids is 1. The number of carboxylic acid groups (broad SMARTS) is 1. The fourth-order valence-corrected chi connectivity index (χ4v) is 3.14. The lowest BCUT2D eigenvalue weighted by atomic mass is 10.1. The third-order valence-electron chi connectivity index (χ3n) is 2.50. The number of H-pyrrole nitrogens is 1. The Labute approximate surface area is 99.5 Å². The standard InChI is InChI=1S/C9H15N3O4S/c1-4-12(9(2,3)8(13)14)17(15,16)7-5-10-11-6-7/h5-6H,4H2,1-3H3,(H,10,11)(H,13,14). The minimum absolute atomic E-state index is 0.0475. The number of hydrogen-bond donors (Lipinski definition) is 2. The van der Waals surface area contributed by atoms with Crippen LogP contribution in [0.15, 0.2) is 17.3 Å². The number of nitrogens with one attached hydrogen (secondary N) is 1. The SMILES string of the molecule is CCN(C(C)(C)C(=O)O)S(=O)(=O)c1cn[nH]c1. The summed E-state index contributed by atoms with van der Waals surface area (Å²) in [6.45, 7) is 4.34. The molecule has 2 N–H and O–H groups in total. The second-order valence-electron chi connectivity index (χ2n) is 3.97. The van der Waals surface area contributed by atoms with Crippen LogP contribution in [0.4, 0.5) is 0 Å². The lowest BCUT2D eigenvalue weighted by Crippen LogP contribution is -2.52. The number of likely N-dealkylation sites (N-methyl/N-ethyl adjacent to an activating group) is 1. The van der Waals surface area contributed by atoms with Gasteiger partial charge in [-0.3, -0.25) is 9.89 Å². The molecule has 7 nitrogen and oxygen atoms in total. The number of sulfonamides is 1. The van der Waals surface area contributed by atoms with E-state index in [1.807, 2.05) is 0 Å². The first-order chi connectivity index (χ1) is 7.74. The fraction of sp³-hybridized carbons (Fsp3) is 0.556. The van der Waals surface area contributed by atoms with Crippen molar-refractivity contribution in [2.75, 3.05) is 6.54 Å². The molecular formula is C9H15N3O4S. The molecule has 1 aromatic rings. The van der Waals surface area contributed by atoms with E-state index in [0.717, 1.165) is 10.5 Å². The van der Waals surface area contributed by atoms with Gasteiger partial charge in [-0.15, -0.1) is 0 Å². The molecular weight excluding hydrogens is 246 g/mol. The summed E-state index contributed by atoms with van der Waals surface area (Å²) in [7, 11) is -3.85. The molecule has 0 aliphatic heterocycles. The van der Waals surface area contributed by atoms with Crippen LogP contribution in [-0.2, 0) is 14.8 Å². The lowest BCUT2D eigenvalue weighted by molar-refractivity contribution is -0.146. The Balaban J connectivity index is 3.25. The molecule has 0 atom stereocenters. The molecule has 0 aromatic carbocycles. The van der Waals surface area contributed by atoms with Gasteiger partial charge in [0.2, 0.25) is 10.0 Å². The van der Waals surface area contributed by atoms with Crippen LogP contribution >= 0.6 is 0 Å². The van der Waals surface area contributed by atoms with E-state index in [1.165, 1.54) is 20.0 Å². The van der Waals surface area contributed by atoms with E-state index in [1.54, 1.807) is 6.92 Å². The summed E-state index contributed by atoms with van der Waals surface area (Å²) in [4.78, 5) is 11.1. The van der Waals surface area contributed by atoms with E-state index >= 15 is 0 Å². The van der Waals surface area contributed by atoms with Gasteiger partial charge < -0.3 is 5.11 Å². The highest BCUT2D eigenvalue weighted by Gasteiger charge is 2.42. The molecule has 1 heterocycles. The van der Waals surface area contributed by atoms with E-state index in [2.05, 4.69) is 10.2 Å². The predicted octanol–water partition coefficient (Wildman–Crippen LogP) is 0.283. The van der Waals surface area contributed by atoms with E-state index in [-0.39, 0.29) is 11.4 Å². The summed E-state index contributed by atoms with van der Waals surface area (Å²) < 4.78 is 25.3. The summed E-state index contributed by atoms with van der Waals surface area (Å²) in [5.41, 5.74) is -1.51. The minimum Gasteiger partial charge on any atom is -0.480 e. The number of aromatic amines is 1. The Kier molecular flexibility index (Phi) is 3.58.